The topological polar surface area (TPSA) is 60.5 Å². The first-order valence-electron chi connectivity index (χ1n) is 7.48. The molecule has 1 aromatic carbocycles. The maximum absolute atomic E-state index is 12.1. The third-order valence-corrected chi connectivity index (χ3v) is 4.55. The van der Waals surface area contributed by atoms with Gasteiger partial charge < -0.3 is 4.74 Å². The molecule has 1 aliphatic rings. The molecule has 0 aliphatic carbocycles. The quantitative estimate of drug-likeness (QED) is 0.825. The Balaban J connectivity index is 1.52. The Kier molecular flexibility index (Phi) is 5.50. The Labute approximate surface area is 139 Å². The summed E-state index contributed by atoms with van der Waals surface area (Å²) < 4.78 is 5.79. The number of hydrogen-bond acceptors (Lipinski definition) is 5. The predicted molar refractivity (Wildman–Crippen MR) is 89.3 cm³/mol. The lowest BCUT2D eigenvalue weighted by Crippen LogP contribution is -2.24. The molecule has 2 heterocycles. The van der Waals surface area contributed by atoms with Crippen molar-refractivity contribution in [2.24, 2.45) is 0 Å². The maximum Gasteiger partial charge on any atom is 0.275 e. The van der Waals surface area contributed by atoms with Gasteiger partial charge >= 0.3 is 0 Å². The van der Waals surface area contributed by atoms with Crippen LogP contribution in [0.3, 0.4) is 0 Å². The second kappa shape index (κ2) is 7.99. The number of benzene rings is 1. The Morgan fingerprint density at radius 2 is 2.17 bits per heavy atom. The van der Waals surface area contributed by atoms with Crippen molar-refractivity contribution in [3.8, 4) is 5.88 Å². The van der Waals surface area contributed by atoms with Crippen molar-refractivity contribution in [3.05, 3.63) is 59.8 Å². The summed E-state index contributed by atoms with van der Waals surface area (Å²) in [6, 6.07) is 12.9. The Morgan fingerprint density at radius 1 is 1.30 bits per heavy atom. The molecule has 0 spiro atoms. The molecule has 0 saturated carbocycles. The number of carbonyl (C=O) groups is 1. The summed E-state index contributed by atoms with van der Waals surface area (Å²) in [4.78, 5) is 21.5. The van der Waals surface area contributed by atoms with Crippen molar-refractivity contribution >= 4 is 17.7 Å². The fourth-order valence-electron chi connectivity index (χ4n) is 2.21. The lowest BCUT2D eigenvalue weighted by atomic mass is 10.2. The van der Waals surface area contributed by atoms with Crippen LogP contribution in [0.15, 0.2) is 48.7 Å². The van der Waals surface area contributed by atoms with Crippen molar-refractivity contribution in [2.75, 3.05) is 11.5 Å². The molecule has 1 amide bonds. The molecule has 0 bridgehead atoms. The van der Waals surface area contributed by atoms with E-state index in [1.165, 1.54) is 0 Å². The summed E-state index contributed by atoms with van der Waals surface area (Å²) in [6.07, 6.45) is 2.77. The van der Waals surface area contributed by atoms with E-state index < -0.39 is 0 Å². The fourth-order valence-corrected chi connectivity index (χ4v) is 3.30. The second-order valence-corrected chi connectivity index (χ2v) is 6.34. The van der Waals surface area contributed by atoms with Crippen molar-refractivity contribution in [3.63, 3.8) is 0 Å². The van der Waals surface area contributed by atoms with Gasteiger partial charge in [-0.1, -0.05) is 30.3 Å². The van der Waals surface area contributed by atoms with Gasteiger partial charge in [-0.05, 0) is 23.8 Å². The molecule has 6 heteroatoms. The van der Waals surface area contributed by atoms with Crippen LogP contribution in [0.5, 0.6) is 5.88 Å². The Bertz CT molecular complexity index is 645. The number of hydrogen-bond donors (Lipinski definition) is 1. The molecule has 1 N–H and O–H groups in total. The van der Waals surface area contributed by atoms with E-state index in [0.717, 1.165) is 23.5 Å². The zero-order chi connectivity index (χ0) is 15.9. The maximum atomic E-state index is 12.1. The third kappa shape index (κ3) is 4.71. The molecular formula is C17H18N2O3S. The largest absolute Gasteiger partial charge is 0.473 e. The van der Waals surface area contributed by atoms with E-state index in [9.17, 15) is 4.79 Å². The first kappa shape index (κ1) is 15.8. The van der Waals surface area contributed by atoms with E-state index in [1.807, 2.05) is 42.1 Å². The van der Waals surface area contributed by atoms with Crippen LogP contribution in [0.1, 0.15) is 22.3 Å². The average molecular weight is 330 g/mol. The Morgan fingerprint density at radius 3 is 2.96 bits per heavy atom. The monoisotopic (exact) mass is 330 g/mol. The van der Waals surface area contributed by atoms with Crippen LogP contribution in [0, 0.1) is 0 Å². The number of carbonyl (C=O) groups excluding carboxylic acids is 1. The first-order chi connectivity index (χ1) is 11.3. The van der Waals surface area contributed by atoms with Crippen molar-refractivity contribution in [2.45, 2.75) is 19.1 Å². The van der Waals surface area contributed by atoms with E-state index in [2.05, 4.69) is 10.5 Å². The van der Waals surface area contributed by atoms with Gasteiger partial charge in [0.1, 0.15) is 6.10 Å². The van der Waals surface area contributed by atoms with Crippen LogP contribution >= 0.6 is 11.8 Å². The third-order valence-electron chi connectivity index (χ3n) is 3.42. The second-order valence-electron chi connectivity index (χ2n) is 5.19. The molecule has 1 aromatic heterocycles. The minimum absolute atomic E-state index is 0.181. The number of rotatable bonds is 6. The molecule has 1 atom stereocenters. The van der Waals surface area contributed by atoms with Gasteiger partial charge in [0.05, 0.1) is 6.61 Å². The minimum Gasteiger partial charge on any atom is -0.473 e. The van der Waals surface area contributed by atoms with E-state index >= 15 is 0 Å². The summed E-state index contributed by atoms with van der Waals surface area (Å²) in [6.45, 7) is 0.320. The summed E-state index contributed by atoms with van der Waals surface area (Å²) in [5.74, 6) is 2.25. The zero-order valence-electron chi connectivity index (χ0n) is 12.6. The molecule has 1 fully saturated rings. The fraction of sp³-hybridized carbons (Fsp3) is 0.294. The molecular weight excluding hydrogens is 312 g/mol. The molecule has 23 heavy (non-hydrogen) atoms. The molecule has 0 radical (unpaired) electrons. The van der Waals surface area contributed by atoms with Gasteiger partial charge in [-0.3, -0.25) is 9.63 Å². The molecule has 2 aromatic rings. The normalized spacial score (nSPS) is 17.0. The summed E-state index contributed by atoms with van der Waals surface area (Å²) in [5, 5.41) is 0. The highest BCUT2D eigenvalue weighted by Gasteiger charge is 2.18. The van der Waals surface area contributed by atoms with Crippen LogP contribution in [0.25, 0.3) is 0 Å². The van der Waals surface area contributed by atoms with Crippen LogP contribution < -0.4 is 10.2 Å². The smallest absolute Gasteiger partial charge is 0.275 e. The number of thioether (sulfide) groups is 1. The van der Waals surface area contributed by atoms with Crippen LogP contribution in [0.4, 0.5) is 0 Å². The van der Waals surface area contributed by atoms with Gasteiger partial charge in [0, 0.05) is 23.6 Å². The SMILES string of the molecule is O=C(NOCc1ccccc1)c1ccnc(O[C@@H]2CCSC2)c1. The lowest BCUT2D eigenvalue weighted by Gasteiger charge is -2.12. The number of aromatic nitrogens is 1. The first-order valence-corrected chi connectivity index (χ1v) is 8.63. The van der Waals surface area contributed by atoms with Gasteiger partial charge in [0.15, 0.2) is 0 Å². The molecule has 1 aliphatic heterocycles. The van der Waals surface area contributed by atoms with Crippen LogP contribution in [0.2, 0.25) is 0 Å². The van der Waals surface area contributed by atoms with Crippen molar-refractivity contribution in [1.82, 2.24) is 10.5 Å². The highest BCUT2D eigenvalue weighted by Crippen LogP contribution is 2.22. The number of ether oxygens (including phenoxy) is 1. The number of amides is 1. The summed E-state index contributed by atoms with van der Waals surface area (Å²) in [5.41, 5.74) is 3.90. The molecule has 3 rings (SSSR count). The molecule has 5 nitrogen and oxygen atoms in total. The van der Waals surface area contributed by atoms with Crippen LogP contribution in [-0.4, -0.2) is 28.5 Å². The van der Waals surface area contributed by atoms with Crippen molar-refractivity contribution in [1.29, 1.82) is 0 Å². The van der Waals surface area contributed by atoms with E-state index in [0.29, 0.717) is 18.1 Å². The number of nitrogens with one attached hydrogen (secondary N) is 1. The van der Waals surface area contributed by atoms with Gasteiger partial charge in [-0.25, -0.2) is 10.5 Å². The predicted octanol–water partition coefficient (Wildman–Crippen LogP) is 2.83. The lowest BCUT2D eigenvalue weighted by molar-refractivity contribution is 0.0233. The highest BCUT2D eigenvalue weighted by atomic mass is 32.2. The van der Waals surface area contributed by atoms with Gasteiger partial charge in [0.25, 0.3) is 5.91 Å². The molecule has 1 saturated heterocycles. The van der Waals surface area contributed by atoms with E-state index in [4.69, 9.17) is 9.57 Å². The number of pyridine rings is 1. The van der Waals surface area contributed by atoms with E-state index in [1.54, 1.807) is 18.3 Å². The van der Waals surface area contributed by atoms with Crippen molar-refractivity contribution < 1.29 is 14.4 Å². The van der Waals surface area contributed by atoms with Gasteiger partial charge in [-0.15, -0.1) is 0 Å². The number of hydroxylamine groups is 1. The Hall–Kier alpha value is -2.05. The van der Waals surface area contributed by atoms with Crippen LogP contribution in [-0.2, 0) is 11.4 Å². The average Bonchev–Trinajstić information content (AvgIpc) is 3.09. The zero-order valence-corrected chi connectivity index (χ0v) is 13.4. The van der Waals surface area contributed by atoms with Gasteiger partial charge in [-0.2, -0.15) is 11.8 Å². The highest BCUT2D eigenvalue weighted by molar-refractivity contribution is 7.99. The van der Waals surface area contributed by atoms with Gasteiger partial charge in [0.2, 0.25) is 5.88 Å². The molecule has 0 unspecified atom stereocenters. The standard InChI is InChI=1S/C17H18N2O3S/c20-17(19-21-11-13-4-2-1-3-5-13)14-6-8-18-16(10-14)22-15-7-9-23-12-15/h1-6,8,10,15H,7,9,11-12H2,(H,19,20)/t15-/m1/s1. The molecule has 120 valence electrons. The summed E-state index contributed by atoms with van der Waals surface area (Å²) >= 11 is 1.87. The summed E-state index contributed by atoms with van der Waals surface area (Å²) in [7, 11) is 0. The minimum atomic E-state index is -0.311. The number of nitrogens with zero attached hydrogens (tertiary/aromatic N) is 1. The van der Waals surface area contributed by atoms with E-state index in [-0.39, 0.29) is 12.0 Å².